The number of amides is 2. The van der Waals surface area contributed by atoms with Crippen molar-refractivity contribution in [3.05, 3.63) is 48.5 Å². The summed E-state index contributed by atoms with van der Waals surface area (Å²) in [4.78, 5) is 16.5. The Morgan fingerprint density at radius 3 is 2.24 bits per heavy atom. The molecule has 6 heteroatoms. The van der Waals surface area contributed by atoms with Crippen molar-refractivity contribution in [3.63, 3.8) is 0 Å². The fourth-order valence-electron chi connectivity index (χ4n) is 2.88. The fourth-order valence-corrected chi connectivity index (χ4v) is 2.88. The molecule has 1 N–H and O–H groups in total. The Labute approximate surface area is 147 Å². The second-order valence-electron chi connectivity index (χ2n) is 5.84. The SMILES string of the molecule is COc1cccc(NC(=O)N2CCN(c3cccc(OC)c3)CC2)c1. The molecule has 1 aliphatic rings. The molecule has 0 unspecified atom stereocenters. The van der Waals surface area contributed by atoms with E-state index in [1.165, 1.54) is 0 Å². The summed E-state index contributed by atoms with van der Waals surface area (Å²) in [5, 5.41) is 2.93. The third-order valence-electron chi connectivity index (χ3n) is 4.31. The van der Waals surface area contributed by atoms with E-state index in [1.54, 1.807) is 14.2 Å². The number of carbonyl (C=O) groups excluding carboxylic acids is 1. The molecular weight excluding hydrogens is 318 g/mol. The monoisotopic (exact) mass is 341 g/mol. The van der Waals surface area contributed by atoms with E-state index >= 15 is 0 Å². The van der Waals surface area contributed by atoms with Gasteiger partial charge in [-0.2, -0.15) is 0 Å². The molecule has 2 aromatic carbocycles. The summed E-state index contributed by atoms with van der Waals surface area (Å²) < 4.78 is 10.5. The van der Waals surface area contributed by atoms with Crippen molar-refractivity contribution in [2.24, 2.45) is 0 Å². The molecule has 0 aromatic heterocycles. The van der Waals surface area contributed by atoms with Crippen LogP contribution in [0.15, 0.2) is 48.5 Å². The Bertz CT molecular complexity index is 727. The highest BCUT2D eigenvalue weighted by molar-refractivity contribution is 5.89. The van der Waals surface area contributed by atoms with Gasteiger partial charge in [-0.15, -0.1) is 0 Å². The highest BCUT2D eigenvalue weighted by atomic mass is 16.5. The van der Waals surface area contributed by atoms with Crippen LogP contribution in [0.3, 0.4) is 0 Å². The predicted molar refractivity (Wildman–Crippen MR) is 98.8 cm³/mol. The molecule has 0 atom stereocenters. The van der Waals surface area contributed by atoms with Crippen molar-refractivity contribution < 1.29 is 14.3 Å². The predicted octanol–water partition coefficient (Wildman–Crippen LogP) is 3.06. The fraction of sp³-hybridized carbons (Fsp3) is 0.316. The highest BCUT2D eigenvalue weighted by Gasteiger charge is 2.21. The molecule has 132 valence electrons. The van der Waals surface area contributed by atoms with Crippen molar-refractivity contribution >= 4 is 17.4 Å². The van der Waals surface area contributed by atoms with Gasteiger partial charge in [0.15, 0.2) is 0 Å². The molecule has 1 aliphatic heterocycles. The second kappa shape index (κ2) is 7.79. The average molecular weight is 341 g/mol. The number of benzene rings is 2. The van der Waals surface area contributed by atoms with Crippen LogP contribution in [0.4, 0.5) is 16.2 Å². The third-order valence-corrected chi connectivity index (χ3v) is 4.31. The highest BCUT2D eigenvalue weighted by Crippen LogP contribution is 2.22. The van der Waals surface area contributed by atoms with Gasteiger partial charge < -0.3 is 24.6 Å². The van der Waals surface area contributed by atoms with Gasteiger partial charge in [-0.05, 0) is 24.3 Å². The lowest BCUT2D eigenvalue weighted by molar-refractivity contribution is 0.208. The topological polar surface area (TPSA) is 54.0 Å². The maximum absolute atomic E-state index is 12.4. The molecule has 1 heterocycles. The Balaban J connectivity index is 1.57. The molecule has 0 spiro atoms. The smallest absolute Gasteiger partial charge is 0.321 e. The summed E-state index contributed by atoms with van der Waals surface area (Å²) in [6.07, 6.45) is 0. The van der Waals surface area contributed by atoms with Gasteiger partial charge in [0.05, 0.1) is 14.2 Å². The van der Waals surface area contributed by atoms with E-state index in [2.05, 4.69) is 16.3 Å². The van der Waals surface area contributed by atoms with Crippen LogP contribution < -0.4 is 19.7 Å². The minimum atomic E-state index is -0.0847. The minimum Gasteiger partial charge on any atom is -0.497 e. The number of methoxy groups -OCH3 is 2. The molecule has 6 nitrogen and oxygen atoms in total. The van der Waals surface area contributed by atoms with Crippen LogP contribution in [0.1, 0.15) is 0 Å². The van der Waals surface area contributed by atoms with Crippen LogP contribution in [0.5, 0.6) is 11.5 Å². The standard InChI is InChI=1S/C19H23N3O3/c1-24-17-7-3-5-15(13-17)20-19(23)22-11-9-21(10-12-22)16-6-4-8-18(14-16)25-2/h3-8,13-14H,9-12H2,1-2H3,(H,20,23). The number of carbonyl (C=O) groups is 1. The first-order chi connectivity index (χ1) is 12.2. The van der Waals surface area contributed by atoms with E-state index in [1.807, 2.05) is 47.4 Å². The second-order valence-corrected chi connectivity index (χ2v) is 5.84. The first-order valence-corrected chi connectivity index (χ1v) is 8.28. The van der Waals surface area contributed by atoms with E-state index in [0.29, 0.717) is 13.1 Å². The molecule has 3 rings (SSSR count). The number of rotatable bonds is 4. The molecular formula is C19H23N3O3. The van der Waals surface area contributed by atoms with Gasteiger partial charge in [0.25, 0.3) is 0 Å². The number of piperazine rings is 1. The maximum Gasteiger partial charge on any atom is 0.321 e. The van der Waals surface area contributed by atoms with Crippen molar-refractivity contribution in [3.8, 4) is 11.5 Å². The Morgan fingerprint density at radius 1 is 0.920 bits per heavy atom. The summed E-state index contributed by atoms with van der Waals surface area (Å²) in [6, 6.07) is 15.3. The van der Waals surface area contributed by atoms with Crippen LogP contribution >= 0.6 is 0 Å². The van der Waals surface area contributed by atoms with Crippen LogP contribution in [-0.4, -0.2) is 51.3 Å². The average Bonchev–Trinajstić information content (AvgIpc) is 2.68. The van der Waals surface area contributed by atoms with E-state index in [4.69, 9.17) is 9.47 Å². The lowest BCUT2D eigenvalue weighted by atomic mass is 10.2. The zero-order valence-corrected chi connectivity index (χ0v) is 14.6. The van der Waals surface area contributed by atoms with Gasteiger partial charge >= 0.3 is 6.03 Å². The van der Waals surface area contributed by atoms with E-state index < -0.39 is 0 Å². The van der Waals surface area contributed by atoms with Gasteiger partial charge in [-0.25, -0.2) is 4.79 Å². The van der Waals surface area contributed by atoms with Crippen LogP contribution in [0.2, 0.25) is 0 Å². The van der Waals surface area contributed by atoms with Crippen molar-refractivity contribution in [2.45, 2.75) is 0 Å². The van der Waals surface area contributed by atoms with E-state index in [0.717, 1.165) is 36.0 Å². The molecule has 0 radical (unpaired) electrons. The first kappa shape index (κ1) is 17.0. The number of hydrogen-bond donors (Lipinski definition) is 1. The van der Waals surface area contributed by atoms with Crippen molar-refractivity contribution in [1.82, 2.24) is 4.90 Å². The largest absolute Gasteiger partial charge is 0.497 e. The van der Waals surface area contributed by atoms with Crippen LogP contribution in [-0.2, 0) is 0 Å². The Hall–Kier alpha value is -2.89. The zero-order valence-electron chi connectivity index (χ0n) is 14.6. The molecule has 0 aliphatic carbocycles. The molecule has 2 amide bonds. The summed E-state index contributed by atoms with van der Waals surface area (Å²) in [5.74, 6) is 1.57. The summed E-state index contributed by atoms with van der Waals surface area (Å²) in [6.45, 7) is 2.93. The quantitative estimate of drug-likeness (QED) is 0.929. The molecule has 1 fully saturated rings. The summed E-state index contributed by atoms with van der Waals surface area (Å²) >= 11 is 0. The van der Waals surface area contributed by atoms with Crippen LogP contribution in [0, 0.1) is 0 Å². The van der Waals surface area contributed by atoms with E-state index in [9.17, 15) is 4.79 Å². The number of ether oxygens (including phenoxy) is 2. The minimum absolute atomic E-state index is 0.0847. The first-order valence-electron chi connectivity index (χ1n) is 8.28. The Morgan fingerprint density at radius 2 is 1.56 bits per heavy atom. The Kier molecular flexibility index (Phi) is 5.28. The zero-order chi connectivity index (χ0) is 17.6. The number of hydrogen-bond acceptors (Lipinski definition) is 4. The van der Waals surface area contributed by atoms with Crippen molar-refractivity contribution in [2.75, 3.05) is 50.6 Å². The number of nitrogens with one attached hydrogen (secondary N) is 1. The maximum atomic E-state index is 12.4. The molecule has 2 aromatic rings. The van der Waals surface area contributed by atoms with Gasteiger partial charge in [0, 0.05) is 49.7 Å². The summed E-state index contributed by atoms with van der Waals surface area (Å²) in [5.41, 5.74) is 1.85. The molecule has 0 saturated carbocycles. The van der Waals surface area contributed by atoms with Crippen LogP contribution in [0.25, 0.3) is 0 Å². The lowest BCUT2D eigenvalue weighted by Crippen LogP contribution is -2.50. The number of urea groups is 1. The normalized spacial score (nSPS) is 14.2. The number of anilines is 2. The number of nitrogens with zero attached hydrogens (tertiary/aromatic N) is 2. The third kappa shape index (κ3) is 4.15. The summed E-state index contributed by atoms with van der Waals surface area (Å²) in [7, 11) is 3.28. The molecule has 1 saturated heterocycles. The van der Waals surface area contributed by atoms with E-state index in [-0.39, 0.29) is 6.03 Å². The molecule has 25 heavy (non-hydrogen) atoms. The van der Waals surface area contributed by atoms with Gasteiger partial charge in [0.2, 0.25) is 0 Å². The van der Waals surface area contributed by atoms with Gasteiger partial charge in [-0.1, -0.05) is 12.1 Å². The van der Waals surface area contributed by atoms with Gasteiger partial charge in [-0.3, -0.25) is 0 Å². The lowest BCUT2D eigenvalue weighted by Gasteiger charge is -2.36. The molecule has 0 bridgehead atoms. The van der Waals surface area contributed by atoms with Gasteiger partial charge in [0.1, 0.15) is 11.5 Å². The van der Waals surface area contributed by atoms with Crippen molar-refractivity contribution in [1.29, 1.82) is 0 Å².